The molecule has 4 fully saturated rings. The Bertz CT molecular complexity index is 2300. The molecule has 14 heteroatoms. The number of carbonyl (C=O) groups excluding carboxylic acids is 1. The Kier molecular flexibility index (Phi) is 11.3. The lowest BCUT2D eigenvalue weighted by molar-refractivity contribution is -0.201. The summed E-state index contributed by atoms with van der Waals surface area (Å²) >= 11 is 1.44. The zero-order valence-electron chi connectivity index (χ0n) is 33.9. The molecule has 4 bridgehead atoms. The third-order valence-corrected chi connectivity index (χ3v) is 13.9. The summed E-state index contributed by atoms with van der Waals surface area (Å²) in [5.74, 6) is 0.547. The first kappa shape index (κ1) is 39.7. The highest BCUT2D eigenvalue weighted by molar-refractivity contribution is 7.22. The average molecular weight is 820 g/mol. The Morgan fingerprint density at radius 3 is 2.53 bits per heavy atom. The quantitative estimate of drug-likeness (QED) is 0.0833. The van der Waals surface area contributed by atoms with Crippen molar-refractivity contribution in [1.29, 1.82) is 0 Å². The van der Waals surface area contributed by atoms with Crippen LogP contribution in [0.4, 0.5) is 10.9 Å². The van der Waals surface area contributed by atoms with E-state index in [9.17, 15) is 14.7 Å². The number of anilines is 2. The van der Waals surface area contributed by atoms with Crippen molar-refractivity contribution in [2.24, 2.45) is 17.3 Å². The molecule has 2 aromatic carbocycles. The zero-order chi connectivity index (χ0) is 40.6. The summed E-state index contributed by atoms with van der Waals surface area (Å²) in [5.41, 5.74) is 5.66. The minimum Gasteiger partial charge on any atom is -0.476 e. The van der Waals surface area contributed by atoms with Gasteiger partial charge in [0.2, 0.25) is 0 Å². The lowest BCUT2D eigenvalue weighted by Gasteiger charge is -2.61. The number of nitrogens with one attached hydrogen (secondary N) is 2. The first-order valence-electron chi connectivity index (χ1n) is 20.9. The number of carbonyl (C=O) groups is 2. The van der Waals surface area contributed by atoms with Crippen molar-refractivity contribution < 1.29 is 28.9 Å². The number of carboxylic acids is 1. The fourth-order valence-electron chi connectivity index (χ4n) is 10.8. The molecule has 0 unspecified atom stereocenters. The van der Waals surface area contributed by atoms with Crippen LogP contribution in [0.2, 0.25) is 0 Å². The van der Waals surface area contributed by atoms with E-state index in [0.717, 1.165) is 65.0 Å². The number of nitrogens with zero attached hydrogens (tertiary/aromatic N) is 5. The molecule has 4 saturated carbocycles. The van der Waals surface area contributed by atoms with Gasteiger partial charge in [0.15, 0.2) is 10.8 Å². The van der Waals surface area contributed by atoms with Crippen molar-refractivity contribution in [2.45, 2.75) is 70.6 Å². The number of hydrogen-bond donors (Lipinski definition) is 3. The molecule has 4 heterocycles. The largest absolute Gasteiger partial charge is 0.476 e. The summed E-state index contributed by atoms with van der Waals surface area (Å²) in [4.78, 5) is 37.9. The van der Waals surface area contributed by atoms with E-state index in [1.54, 1.807) is 6.20 Å². The van der Waals surface area contributed by atoms with Crippen LogP contribution in [0.5, 0.6) is 0 Å². The van der Waals surface area contributed by atoms with Crippen LogP contribution in [0.15, 0.2) is 60.8 Å². The summed E-state index contributed by atoms with van der Waals surface area (Å²) in [6.45, 7) is 7.71. The van der Waals surface area contributed by atoms with Crippen molar-refractivity contribution in [3.63, 3.8) is 0 Å². The Balaban J connectivity index is 0.882. The first-order valence-corrected chi connectivity index (χ1v) is 21.8. The van der Waals surface area contributed by atoms with E-state index in [-0.39, 0.29) is 22.6 Å². The topological polar surface area (TPSA) is 153 Å². The molecule has 310 valence electrons. The molecule has 1 amide bonds. The molecule has 59 heavy (non-hydrogen) atoms. The van der Waals surface area contributed by atoms with Gasteiger partial charge in [0.1, 0.15) is 5.82 Å². The molecule has 2 atom stereocenters. The summed E-state index contributed by atoms with van der Waals surface area (Å²) < 4.78 is 21.2. The number of ether oxygens (including phenoxy) is 3. The van der Waals surface area contributed by atoms with Crippen LogP contribution in [-0.4, -0.2) is 95.5 Å². The number of rotatable bonds is 17. The van der Waals surface area contributed by atoms with Crippen LogP contribution in [-0.2, 0) is 33.7 Å². The second-order valence-electron chi connectivity index (χ2n) is 17.0. The summed E-state index contributed by atoms with van der Waals surface area (Å²) in [5, 5.41) is 22.0. The van der Waals surface area contributed by atoms with Crippen molar-refractivity contribution >= 4 is 44.4 Å². The predicted octanol–water partition coefficient (Wildman–Crippen LogP) is 6.98. The number of carboxylic acid groups (broad SMARTS) is 1. The van der Waals surface area contributed by atoms with Gasteiger partial charge in [-0.15, -0.1) is 0 Å². The molecule has 3 N–H and O–H groups in total. The van der Waals surface area contributed by atoms with E-state index in [1.165, 1.54) is 30.6 Å². The number of aromatic nitrogens is 4. The fraction of sp³-hybridized carbons (Fsp3) is 0.489. The molecule has 0 radical (unpaired) electrons. The predicted molar refractivity (Wildman–Crippen MR) is 227 cm³/mol. The molecule has 10 rings (SSSR count). The van der Waals surface area contributed by atoms with Gasteiger partial charge in [-0.1, -0.05) is 35.6 Å². The number of fused-ring (bicyclic) bond motifs is 2. The second kappa shape index (κ2) is 16.7. The lowest BCUT2D eigenvalue weighted by atomic mass is 9.48. The number of aromatic carboxylic acids is 1. The fourth-order valence-corrected chi connectivity index (χ4v) is 11.7. The van der Waals surface area contributed by atoms with Crippen molar-refractivity contribution in [3.05, 3.63) is 88.9 Å². The van der Waals surface area contributed by atoms with E-state index >= 15 is 0 Å². The molecule has 5 aromatic rings. The first-order chi connectivity index (χ1) is 28.7. The number of thiazole rings is 1. The minimum absolute atomic E-state index is 0.00767. The van der Waals surface area contributed by atoms with E-state index in [2.05, 4.69) is 31.3 Å². The van der Waals surface area contributed by atoms with Gasteiger partial charge in [0.25, 0.3) is 5.91 Å². The number of amides is 1. The third-order valence-electron chi connectivity index (χ3n) is 13.0. The molecule has 4 aliphatic carbocycles. The summed E-state index contributed by atoms with van der Waals surface area (Å²) in [7, 11) is 1.91. The van der Waals surface area contributed by atoms with Gasteiger partial charge < -0.3 is 29.5 Å². The van der Waals surface area contributed by atoms with E-state index < -0.39 is 5.97 Å². The standard InChI is InChI=1S/C45H53N7O6S/c1-29-35(25-47-52(29)28-44-21-30-20-31(22-44)24-45(23-30,27-44)58-19-18-57-17-16-56-15-13-46-2)33-10-11-39(49-40(33)42(54)55)51-14-12-32-6-5-7-34(36(32)26-51)41(53)50-43-48-37-8-3-4-9-38(37)59-43/h3-11,25,30-31,46H,12-24,26-28H2,1-2H3,(H,54,55)(H,48,50,53)/t30-,31-,44?,45?/m0/s1. The molecular formula is C45H53N7O6S. The van der Waals surface area contributed by atoms with Crippen LogP contribution < -0.4 is 15.5 Å². The molecule has 13 nitrogen and oxygen atoms in total. The molecule has 0 spiro atoms. The maximum Gasteiger partial charge on any atom is 0.355 e. The van der Waals surface area contributed by atoms with Gasteiger partial charge in [-0.2, -0.15) is 5.10 Å². The highest BCUT2D eigenvalue weighted by Gasteiger charge is 2.58. The van der Waals surface area contributed by atoms with Crippen molar-refractivity contribution in [3.8, 4) is 11.1 Å². The average Bonchev–Trinajstić information content (AvgIpc) is 3.80. The molecule has 1 aliphatic heterocycles. The lowest BCUT2D eigenvalue weighted by Crippen LogP contribution is -2.58. The number of pyridine rings is 1. The van der Waals surface area contributed by atoms with Crippen molar-refractivity contribution in [1.82, 2.24) is 25.1 Å². The molecule has 0 saturated heterocycles. The second-order valence-corrected chi connectivity index (χ2v) is 18.1. The maximum atomic E-state index is 13.6. The number of likely N-dealkylation sites (N-methyl/N-ethyl adjacent to an activating group) is 1. The molecule has 3 aromatic heterocycles. The van der Waals surface area contributed by atoms with Gasteiger partial charge in [-0.25, -0.2) is 14.8 Å². The molecule has 5 aliphatic rings. The maximum absolute atomic E-state index is 13.6. The third kappa shape index (κ3) is 8.25. The number of benzene rings is 2. The Hall–Kier alpha value is -4.73. The smallest absolute Gasteiger partial charge is 0.355 e. The molecular weight excluding hydrogens is 767 g/mol. The van der Waals surface area contributed by atoms with Crippen LogP contribution >= 0.6 is 11.3 Å². The highest BCUT2D eigenvalue weighted by atomic mass is 32.1. The van der Waals surface area contributed by atoms with E-state index in [4.69, 9.17) is 24.3 Å². The summed E-state index contributed by atoms with van der Waals surface area (Å²) in [6.07, 6.45) is 9.36. The SMILES string of the molecule is CNCCOCCOCCOC12C[C@H]3C[C@@H](CC(Cn4ncc(-c5ccc(N6CCc7cccc(C(=O)Nc8nc9ccccc9s8)c7C6)nc5C(=O)O)c4C)(C3)C1)C2. The number of hydrogen-bond acceptors (Lipinski definition) is 11. The van der Waals surface area contributed by atoms with E-state index in [1.807, 2.05) is 62.5 Å². The summed E-state index contributed by atoms with van der Waals surface area (Å²) in [6, 6.07) is 17.4. The zero-order valence-corrected chi connectivity index (χ0v) is 34.7. The van der Waals surface area contributed by atoms with Crippen LogP contribution in [0.3, 0.4) is 0 Å². The van der Waals surface area contributed by atoms with Gasteiger partial charge in [0, 0.05) is 48.6 Å². The Morgan fingerprint density at radius 1 is 0.932 bits per heavy atom. The van der Waals surface area contributed by atoms with Gasteiger partial charge in [-0.3, -0.25) is 14.8 Å². The van der Waals surface area contributed by atoms with Crippen LogP contribution in [0.1, 0.15) is 76.2 Å². The van der Waals surface area contributed by atoms with E-state index in [0.29, 0.717) is 86.5 Å². The van der Waals surface area contributed by atoms with Crippen LogP contribution in [0, 0.1) is 24.2 Å². The van der Waals surface area contributed by atoms with Gasteiger partial charge >= 0.3 is 5.97 Å². The van der Waals surface area contributed by atoms with Gasteiger partial charge in [-0.05, 0) is 118 Å². The monoisotopic (exact) mass is 819 g/mol. The van der Waals surface area contributed by atoms with Crippen LogP contribution in [0.25, 0.3) is 21.3 Å². The normalized spacial score (nSPS) is 23.2. The van der Waals surface area contributed by atoms with Gasteiger partial charge in [0.05, 0.1) is 55.0 Å². The number of para-hydroxylation sites is 1. The minimum atomic E-state index is -1.09. The van der Waals surface area contributed by atoms with Crippen molar-refractivity contribution in [2.75, 3.05) is 63.4 Å². The Labute approximate surface area is 348 Å². The Morgan fingerprint density at radius 2 is 1.73 bits per heavy atom. The highest BCUT2D eigenvalue weighted by Crippen LogP contribution is 2.63.